The number of carboxylic acids is 2. The summed E-state index contributed by atoms with van der Waals surface area (Å²) >= 11 is 2.22. The minimum atomic E-state index is -0.718. The Morgan fingerprint density at radius 2 is 0.737 bits per heavy atom. The molecule has 0 aromatic rings. The Hall–Kier alpha value is -3.65. The van der Waals surface area contributed by atoms with Crippen LogP contribution in [0, 0.1) is 90.3 Å². The SMILES string of the molecule is C#CC(O)C1CCCCC1.CCCCCC(=O)O.O=C(O)CCC/C=C\CCCC/C=C\C#CC(O)C1CCCCC1.O=CC1CCCCC1.O=CCCCC/C=C\C#CC(O)C1CCCCC1.OCCCCC/C=C\C#CC(O)C1CCCCC1.OCCCCC/C=C\I.[Br-].[C-]#C.[Li+]. The number of aliphatic hydroxyl groups is 6. The van der Waals surface area contributed by atoms with E-state index in [-0.39, 0.29) is 48.9 Å². The van der Waals surface area contributed by atoms with Gasteiger partial charge in [0, 0.05) is 38.4 Å². The summed E-state index contributed by atoms with van der Waals surface area (Å²) in [7, 11) is 0. The van der Waals surface area contributed by atoms with Crippen molar-refractivity contribution in [3.8, 4) is 54.3 Å². The van der Waals surface area contributed by atoms with Gasteiger partial charge >= 0.3 is 30.8 Å². The quantitative estimate of drug-likeness (QED) is 0.00584. The summed E-state index contributed by atoms with van der Waals surface area (Å²) in [6, 6.07) is 0. The van der Waals surface area contributed by atoms with Crippen LogP contribution in [0.1, 0.15) is 315 Å². The molecule has 0 aromatic heterocycles. The smallest absolute Gasteiger partial charge is 1.00 e. The summed E-state index contributed by atoms with van der Waals surface area (Å²) in [5.74, 6) is 20.6. The summed E-state index contributed by atoms with van der Waals surface area (Å²) in [5.41, 5.74) is 0. The number of carbonyl (C=O) groups excluding carboxylic acids is 2. The van der Waals surface area contributed by atoms with E-state index < -0.39 is 36.4 Å². The van der Waals surface area contributed by atoms with Crippen molar-refractivity contribution in [3.63, 3.8) is 0 Å². The van der Waals surface area contributed by atoms with E-state index in [2.05, 4.69) is 108 Å². The predicted molar refractivity (Wildman–Crippen MR) is 410 cm³/mol. The molecule has 5 rings (SSSR count). The van der Waals surface area contributed by atoms with Gasteiger partial charge in [0.2, 0.25) is 0 Å². The van der Waals surface area contributed by atoms with Gasteiger partial charge in [-0.3, -0.25) is 9.59 Å². The molecule has 0 aliphatic heterocycles. The molecule has 5 aliphatic carbocycles. The van der Waals surface area contributed by atoms with Gasteiger partial charge in [0.05, 0.1) is 0 Å². The summed E-state index contributed by atoms with van der Waals surface area (Å²) in [6.45, 7) is 2.69. The minimum Gasteiger partial charge on any atom is -1.00 e. The molecule has 4 unspecified atom stereocenters. The first-order chi connectivity index (χ1) is 47.3. The molecule has 558 valence electrons. The molecule has 5 aliphatic rings. The zero-order valence-corrected chi connectivity index (χ0v) is 65.3. The monoisotopic (exact) mass is 1550 g/mol. The van der Waals surface area contributed by atoms with Gasteiger partial charge in [-0.2, -0.15) is 0 Å². The topological polar surface area (TPSA) is 230 Å². The van der Waals surface area contributed by atoms with Gasteiger partial charge in [-0.25, -0.2) is 0 Å². The number of hydrogen-bond acceptors (Lipinski definition) is 10. The van der Waals surface area contributed by atoms with E-state index in [1.165, 1.54) is 103 Å². The van der Waals surface area contributed by atoms with Crippen LogP contribution in [-0.2, 0) is 19.2 Å². The third-order valence-electron chi connectivity index (χ3n) is 17.7. The molecule has 5 fully saturated rings. The van der Waals surface area contributed by atoms with Gasteiger partial charge in [-0.05, 0) is 213 Å². The van der Waals surface area contributed by atoms with Gasteiger partial charge in [0.25, 0.3) is 0 Å². The number of terminal acetylenes is 2. The zero-order chi connectivity index (χ0) is 72.1. The second-order valence-corrected chi connectivity index (χ2v) is 26.7. The van der Waals surface area contributed by atoms with Crippen LogP contribution in [-0.4, -0.2) is 103 Å². The summed E-state index contributed by atoms with van der Waals surface area (Å²) in [5, 5.41) is 72.8. The number of rotatable bonds is 33. The van der Waals surface area contributed by atoms with Gasteiger partial charge in [-0.1, -0.05) is 229 Å². The van der Waals surface area contributed by atoms with E-state index in [4.69, 9.17) is 33.3 Å². The molecule has 15 heteroatoms. The molecule has 5 saturated carbocycles. The number of carboxylic acid groups (broad SMARTS) is 2. The maximum atomic E-state index is 10.3. The number of aliphatic carboxylic acids is 2. The molecule has 0 bridgehead atoms. The number of allylic oxidation sites excluding steroid dienone is 9. The van der Waals surface area contributed by atoms with Crippen molar-refractivity contribution in [3.05, 3.63) is 65.2 Å². The van der Waals surface area contributed by atoms with E-state index in [1.807, 2.05) is 28.4 Å². The Balaban J connectivity index is -0.000000357. The number of unbranched alkanes of at least 4 members (excludes halogenated alkanes) is 15. The second-order valence-electron chi connectivity index (χ2n) is 26.0. The van der Waals surface area contributed by atoms with Crippen LogP contribution in [0.3, 0.4) is 0 Å². The largest absolute Gasteiger partial charge is 1.00 e. The van der Waals surface area contributed by atoms with Crippen molar-refractivity contribution in [2.45, 2.75) is 340 Å². The first kappa shape index (κ1) is 104. The molecule has 12 nitrogen and oxygen atoms in total. The van der Waals surface area contributed by atoms with E-state index in [0.717, 1.165) is 199 Å². The van der Waals surface area contributed by atoms with Crippen molar-refractivity contribution in [1.82, 2.24) is 0 Å². The van der Waals surface area contributed by atoms with Crippen molar-refractivity contribution >= 4 is 47.1 Å². The van der Waals surface area contributed by atoms with E-state index in [1.54, 1.807) is 0 Å². The molecular weight excluding hydrogens is 1410 g/mol. The van der Waals surface area contributed by atoms with Crippen LogP contribution in [0.4, 0.5) is 0 Å². The first-order valence-electron chi connectivity index (χ1n) is 37.7. The molecule has 0 heterocycles. The third kappa shape index (κ3) is 75.3. The number of hydrogen-bond donors (Lipinski definition) is 8. The van der Waals surface area contributed by atoms with Crippen LogP contribution >= 0.6 is 22.6 Å². The van der Waals surface area contributed by atoms with Crippen LogP contribution in [0.15, 0.2) is 58.8 Å². The predicted octanol–water partition coefficient (Wildman–Crippen LogP) is 12.8. The molecule has 0 amide bonds. The molecule has 0 aromatic carbocycles. The molecule has 4 atom stereocenters. The normalized spacial score (nSPS) is 16.8. The minimum absolute atomic E-state index is 0. The third-order valence-corrected chi connectivity index (χ3v) is 18.2. The van der Waals surface area contributed by atoms with Gasteiger partial charge < -0.3 is 80.3 Å². The van der Waals surface area contributed by atoms with Crippen LogP contribution in [0.5, 0.6) is 0 Å². The average molecular weight is 1550 g/mol. The fourth-order valence-corrected chi connectivity index (χ4v) is 12.1. The van der Waals surface area contributed by atoms with Crippen molar-refractivity contribution in [2.75, 3.05) is 13.2 Å². The van der Waals surface area contributed by atoms with Crippen LogP contribution in [0.2, 0.25) is 0 Å². The summed E-state index contributed by atoms with van der Waals surface area (Å²) in [4.78, 5) is 40.5. The maximum absolute atomic E-state index is 10.3. The summed E-state index contributed by atoms with van der Waals surface area (Å²) < 4.78 is 2.04. The van der Waals surface area contributed by atoms with Crippen LogP contribution < -0.4 is 35.8 Å². The number of carbonyl (C=O) groups is 4. The number of aldehydes is 2. The van der Waals surface area contributed by atoms with Crippen molar-refractivity contribution in [1.29, 1.82) is 0 Å². The molecule has 0 spiro atoms. The van der Waals surface area contributed by atoms with Gasteiger partial charge in [0.15, 0.2) is 0 Å². The summed E-state index contributed by atoms with van der Waals surface area (Å²) in [6.07, 6.45) is 84.2. The fourth-order valence-electron chi connectivity index (χ4n) is 11.7. The molecule has 8 N–H and O–H groups in total. The molecule has 99 heavy (non-hydrogen) atoms. The van der Waals surface area contributed by atoms with E-state index in [0.29, 0.717) is 49.0 Å². The molecule has 0 saturated heterocycles. The van der Waals surface area contributed by atoms with E-state index in [9.17, 15) is 39.6 Å². The fraction of sp³-hybridized carbons (Fsp3) is 0.714. The molecule has 0 radical (unpaired) electrons. The average Bonchev–Trinajstić information content (AvgIpc) is 1.66. The number of aliphatic hydroxyl groups excluding tert-OH is 6. The van der Waals surface area contributed by atoms with Gasteiger partial charge in [0.1, 0.15) is 37.0 Å². The van der Waals surface area contributed by atoms with Gasteiger partial charge in [-0.15, -0.1) is 6.42 Å². The Morgan fingerprint density at radius 1 is 0.434 bits per heavy atom. The van der Waals surface area contributed by atoms with E-state index >= 15 is 0 Å². The Labute approximate surface area is 640 Å². The second kappa shape index (κ2) is 85.0. The standard InChI is InChI=1S/C21H32O3.C16H26O2.C16H24O2.C9H14O.C7H13IO.C7H12O.C6H12O2.C2H.BrH.Li/c22-20(19-15-11-10-12-16-19)17-13-8-6-4-2-1-3-5-7-9-14-18-21(23)24;2*17-14-10-5-3-1-2-4-9-13-16(18)15-11-7-6-8-12-15;1-2-9(10)8-6-4-3-5-7-8;8-6-4-2-1-3-5-7-9;8-6-7-4-2-1-3-5-7;1-2-3-4-5-6(7)8;1-2;;/h5-8,19-20,22H,1-4,9-12,14-16,18H2,(H,23,24);2,4,15-18H,1,3,5-8,10-12,14H2;2,4,14-16,18H,1,3,5-8,10-12H2;1,8-10H,3-7H2;4,6,9H,1-3,5,7H2;6-7H,1-5H2;2-5H2,1H3,(H,7,8);1H;1H;/q;;;;;;;-1;;+1/p-1/b7-5-,8-6-;2*4-2-;;6-4-;;;;;. The Kier molecular flexibility index (Phi) is 89.3. The van der Waals surface area contributed by atoms with Crippen molar-refractivity contribution in [2.24, 2.45) is 29.6 Å². The first-order valence-corrected chi connectivity index (χ1v) is 39.0. The van der Waals surface area contributed by atoms with Crippen LogP contribution in [0.25, 0.3) is 0 Å². The molecular formula is C84H134BrILiO12-. The zero-order valence-electron chi connectivity index (χ0n) is 61.6. The Bertz CT molecular complexity index is 2230. The number of halogens is 2. The Morgan fingerprint density at radius 3 is 1.04 bits per heavy atom. The van der Waals surface area contributed by atoms with Crippen molar-refractivity contribution < 1.29 is 95.9 Å². The maximum Gasteiger partial charge on any atom is 1.00 e.